The molecule has 2 aliphatic heterocycles. The van der Waals surface area contributed by atoms with Crippen LogP contribution in [0.4, 0.5) is 25.0 Å². The highest BCUT2D eigenvalue weighted by Gasteiger charge is 2.59. The normalized spacial score (nSPS) is 19.1. The lowest BCUT2D eigenvalue weighted by Gasteiger charge is -2.33. The average molecular weight is 480 g/mol. The van der Waals surface area contributed by atoms with E-state index in [1.165, 1.54) is 17.8 Å². The maximum absolute atomic E-state index is 13.9. The molecule has 3 aromatic rings. The standard InChI is InChI=1S/C26H23F2N3O2S/c1-16-7-9-19(13-17(16)2)29-25(33)31-11-12-34-26(31)20-5-3-4-6-23(20)30(24(26)32)15-18-8-10-21(27)22(28)14-18/h3-10,13-14H,11-12,15H2,1-2H3,(H,29,33). The largest absolute Gasteiger partial charge is 0.323 e. The van der Waals surface area contributed by atoms with Gasteiger partial charge in [0.15, 0.2) is 16.5 Å². The third-order valence-electron chi connectivity index (χ3n) is 6.43. The third kappa shape index (κ3) is 3.53. The highest BCUT2D eigenvalue weighted by atomic mass is 32.2. The number of para-hydroxylation sites is 1. The van der Waals surface area contributed by atoms with Crippen LogP contribution in [0.25, 0.3) is 0 Å². The summed E-state index contributed by atoms with van der Waals surface area (Å²) in [5.41, 5.74) is 4.70. The van der Waals surface area contributed by atoms with Crippen molar-refractivity contribution in [1.82, 2.24) is 4.90 Å². The van der Waals surface area contributed by atoms with Crippen LogP contribution in [0.5, 0.6) is 0 Å². The van der Waals surface area contributed by atoms with Gasteiger partial charge in [-0.05, 0) is 60.9 Å². The monoisotopic (exact) mass is 479 g/mol. The fourth-order valence-corrected chi connectivity index (χ4v) is 6.02. The molecular formula is C26H23F2N3O2S. The third-order valence-corrected chi connectivity index (χ3v) is 7.85. The van der Waals surface area contributed by atoms with Crippen LogP contribution in [-0.2, 0) is 16.2 Å². The fraction of sp³-hybridized carbons (Fsp3) is 0.231. The molecule has 5 rings (SSSR count). The van der Waals surface area contributed by atoms with Crippen molar-refractivity contribution < 1.29 is 18.4 Å². The Morgan fingerprint density at radius 1 is 1.03 bits per heavy atom. The molecule has 1 atom stereocenters. The molecule has 0 radical (unpaired) electrons. The molecule has 1 saturated heterocycles. The lowest BCUT2D eigenvalue weighted by molar-refractivity contribution is -0.123. The maximum Gasteiger partial charge on any atom is 0.323 e. The van der Waals surface area contributed by atoms with E-state index in [1.54, 1.807) is 9.80 Å². The summed E-state index contributed by atoms with van der Waals surface area (Å²) in [5.74, 6) is -1.57. The molecule has 3 aromatic carbocycles. The van der Waals surface area contributed by atoms with Crippen molar-refractivity contribution in [3.05, 3.63) is 94.6 Å². The summed E-state index contributed by atoms with van der Waals surface area (Å²) >= 11 is 1.42. The number of nitrogens with one attached hydrogen (secondary N) is 1. The zero-order valence-electron chi connectivity index (χ0n) is 18.8. The quantitative estimate of drug-likeness (QED) is 0.535. The summed E-state index contributed by atoms with van der Waals surface area (Å²) in [6.07, 6.45) is 0. The van der Waals surface area contributed by atoms with Gasteiger partial charge in [0, 0.05) is 23.5 Å². The predicted octanol–water partition coefficient (Wildman–Crippen LogP) is 5.56. The van der Waals surface area contributed by atoms with Gasteiger partial charge < -0.3 is 10.2 Å². The Labute approximate surface area is 200 Å². The number of rotatable bonds is 3. The Hall–Kier alpha value is -3.39. The molecule has 0 bridgehead atoms. The minimum absolute atomic E-state index is 0.0714. The molecule has 1 fully saturated rings. The van der Waals surface area contributed by atoms with Crippen molar-refractivity contribution in [2.75, 3.05) is 22.5 Å². The number of aryl methyl sites for hydroxylation is 2. The second-order valence-electron chi connectivity index (χ2n) is 8.53. The van der Waals surface area contributed by atoms with Crippen LogP contribution < -0.4 is 10.2 Å². The molecule has 174 valence electrons. The summed E-state index contributed by atoms with van der Waals surface area (Å²) in [7, 11) is 0. The lowest BCUT2D eigenvalue weighted by atomic mass is 10.1. The van der Waals surface area contributed by atoms with E-state index in [-0.39, 0.29) is 18.5 Å². The first-order valence-electron chi connectivity index (χ1n) is 11.0. The number of fused-ring (bicyclic) bond motifs is 2. The minimum atomic E-state index is -1.21. The van der Waals surface area contributed by atoms with Gasteiger partial charge in [-0.25, -0.2) is 13.6 Å². The van der Waals surface area contributed by atoms with Gasteiger partial charge in [0.2, 0.25) is 0 Å². The van der Waals surface area contributed by atoms with Gasteiger partial charge in [0.1, 0.15) is 0 Å². The number of nitrogens with zero attached hydrogens (tertiary/aromatic N) is 2. The number of urea groups is 1. The van der Waals surface area contributed by atoms with Gasteiger partial charge in [0.05, 0.1) is 12.2 Å². The Kier molecular flexibility index (Phi) is 5.56. The molecule has 1 spiro atoms. The van der Waals surface area contributed by atoms with Crippen molar-refractivity contribution >= 4 is 35.1 Å². The second-order valence-corrected chi connectivity index (χ2v) is 9.82. The number of anilines is 2. The Balaban J connectivity index is 1.49. The number of hydrogen-bond donors (Lipinski definition) is 1. The zero-order valence-corrected chi connectivity index (χ0v) is 19.6. The van der Waals surface area contributed by atoms with Crippen LogP contribution >= 0.6 is 11.8 Å². The summed E-state index contributed by atoms with van der Waals surface area (Å²) in [4.78, 5) is 29.3. The Bertz CT molecular complexity index is 1310. The van der Waals surface area contributed by atoms with Crippen molar-refractivity contribution in [3.8, 4) is 0 Å². The van der Waals surface area contributed by atoms with Crippen molar-refractivity contribution in [2.45, 2.75) is 25.3 Å². The average Bonchev–Trinajstić information content (AvgIpc) is 3.36. The molecule has 34 heavy (non-hydrogen) atoms. The first-order chi connectivity index (χ1) is 16.3. The van der Waals surface area contributed by atoms with E-state index < -0.39 is 16.5 Å². The summed E-state index contributed by atoms with van der Waals surface area (Å²) in [6.45, 7) is 4.45. The Morgan fingerprint density at radius 3 is 2.59 bits per heavy atom. The Morgan fingerprint density at radius 2 is 1.82 bits per heavy atom. The van der Waals surface area contributed by atoms with E-state index in [0.717, 1.165) is 28.8 Å². The topological polar surface area (TPSA) is 52.7 Å². The number of hydrogen-bond acceptors (Lipinski definition) is 3. The van der Waals surface area contributed by atoms with Crippen molar-refractivity contribution in [3.63, 3.8) is 0 Å². The maximum atomic E-state index is 13.9. The highest BCUT2D eigenvalue weighted by molar-refractivity contribution is 8.01. The number of carbonyl (C=O) groups excluding carboxylic acids is 2. The molecule has 8 heteroatoms. The first kappa shape index (κ1) is 22.4. The number of benzene rings is 3. The molecule has 2 heterocycles. The smallest absolute Gasteiger partial charge is 0.308 e. The number of halogens is 2. The molecular weight excluding hydrogens is 456 g/mol. The summed E-state index contributed by atoms with van der Waals surface area (Å²) in [6, 6.07) is 16.3. The van der Waals surface area contributed by atoms with E-state index in [2.05, 4.69) is 5.32 Å². The number of amides is 3. The molecule has 1 unspecified atom stereocenters. The zero-order chi connectivity index (χ0) is 24.0. The van der Waals surface area contributed by atoms with Crippen molar-refractivity contribution in [1.29, 1.82) is 0 Å². The van der Waals surface area contributed by atoms with Gasteiger partial charge in [-0.2, -0.15) is 0 Å². The van der Waals surface area contributed by atoms with E-state index in [9.17, 15) is 18.4 Å². The highest BCUT2D eigenvalue weighted by Crippen LogP contribution is 2.54. The van der Waals surface area contributed by atoms with Gasteiger partial charge >= 0.3 is 6.03 Å². The van der Waals surface area contributed by atoms with Crippen LogP contribution in [-0.4, -0.2) is 29.1 Å². The van der Waals surface area contributed by atoms with E-state index in [1.807, 2.05) is 56.3 Å². The number of thioether (sulfide) groups is 1. The molecule has 5 nitrogen and oxygen atoms in total. The molecule has 0 aromatic heterocycles. The van der Waals surface area contributed by atoms with Gasteiger partial charge in [-0.1, -0.05) is 30.3 Å². The molecule has 0 saturated carbocycles. The molecule has 1 N–H and O–H groups in total. The minimum Gasteiger partial charge on any atom is -0.308 e. The van der Waals surface area contributed by atoms with Crippen LogP contribution in [0.1, 0.15) is 22.3 Å². The van der Waals surface area contributed by atoms with Crippen molar-refractivity contribution in [2.24, 2.45) is 0 Å². The number of carbonyl (C=O) groups is 2. The summed E-state index contributed by atoms with van der Waals surface area (Å²) < 4.78 is 27.2. The van der Waals surface area contributed by atoms with Crippen LogP contribution in [0.3, 0.4) is 0 Å². The molecule has 3 amide bonds. The summed E-state index contributed by atoms with van der Waals surface area (Å²) in [5, 5.41) is 2.94. The van der Waals surface area contributed by atoms with E-state index in [0.29, 0.717) is 29.2 Å². The van der Waals surface area contributed by atoms with Crippen LogP contribution in [0.15, 0.2) is 60.7 Å². The van der Waals surface area contributed by atoms with Gasteiger partial charge in [-0.15, -0.1) is 11.8 Å². The SMILES string of the molecule is Cc1ccc(NC(=O)N2CCSC23C(=O)N(Cc2ccc(F)c(F)c2)c2ccccc23)cc1C. The van der Waals surface area contributed by atoms with E-state index in [4.69, 9.17) is 0 Å². The van der Waals surface area contributed by atoms with Crippen LogP contribution in [0.2, 0.25) is 0 Å². The van der Waals surface area contributed by atoms with Gasteiger partial charge in [0.25, 0.3) is 5.91 Å². The fourth-order valence-electron chi connectivity index (χ4n) is 4.56. The van der Waals surface area contributed by atoms with Gasteiger partial charge in [-0.3, -0.25) is 9.69 Å². The molecule has 0 aliphatic carbocycles. The second kappa shape index (κ2) is 8.43. The first-order valence-corrected chi connectivity index (χ1v) is 11.9. The lowest BCUT2D eigenvalue weighted by Crippen LogP contribution is -2.51. The molecule has 2 aliphatic rings. The van der Waals surface area contributed by atoms with Crippen LogP contribution in [0, 0.1) is 25.5 Å². The predicted molar refractivity (Wildman–Crippen MR) is 130 cm³/mol. The van der Waals surface area contributed by atoms with E-state index >= 15 is 0 Å².